The molecule has 0 aliphatic heterocycles. The Morgan fingerprint density at radius 3 is 2.88 bits per heavy atom. The van der Waals surface area contributed by atoms with E-state index in [2.05, 4.69) is 11.3 Å². The number of nitrogens with zero attached hydrogens (tertiary/aromatic N) is 1. The SMILES string of the molecule is CCc1csnc1Cl. The van der Waals surface area contributed by atoms with E-state index < -0.39 is 0 Å². The summed E-state index contributed by atoms with van der Waals surface area (Å²) in [5, 5.41) is 2.64. The third-order valence-corrected chi connectivity index (χ3v) is 2.08. The maximum Gasteiger partial charge on any atom is 0.146 e. The number of hydrogen-bond donors (Lipinski definition) is 0. The van der Waals surface area contributed by atoms with E-state index in [1.165, 1.54) is 11.5 Å². The molecule has 3 heteroatoms. The van der Waals surface area contributed by atoms with Crippen molar-refractivity contribution in [3.8, 4) is 0 Å². The smallest absolute Gasteiger partial charge is 0.146 e. The monoisotopic (exact) mass is 147 g/mol. The summed E-state index contributed by atoms with van der Waals surface area (Å²) >= 11 is 7.05. The lowest BCUT2D eigenvalue weighted by Gasteiger charge is -1.83. The average molecular weight is 148 g/mol. The first-order valence-corrected chi connectivity index (χ1v) is 3.64. The molecule has 0 bridgehead atoms. The van der Waals surface area contributed by atoms with Gasteiger partial charge in [-0.3, -0.25) is 0 Å². The molecule has 0 amide bonds. The van der Waals surface area contributed by atoms with Crippen molar-refractivity contribution >= 4 is 23.1 Å². The molecule has 0 spiro atoms. The van der Waals surface area contributed by atoms with Crippen LogP contribution in [-0.2, 0) is 6.42 Å². The van der Waals surface area contributed by atoms with Crippen molar-refractivity contribution in [1.82, 2.24) is 4.37 Å². The fourth-order valence-electron chi connectivity index (χ4n) is 0.473. The molecule has 8 heavy (non-hydrogen) atoms. The van der Waals surface area contributed by atoms with E-state index in [1.807, 2.05) is 5.38 Å². The Kier molecular flexibility index (Phi) is 1.86. The van der Waals surface area contributed by atoms with E-state index in [4.69, 9.17) is 11.6 Å². The molecule has 0 aliphatic rings. The third-order valence-electron chi connectivity index (χ3n) is 0.974. The van der Waals surface area contributed by atoms with Gasteiger partial charge in [-0.1, -0.05) is 18.5 Å². The van der Waals surface area contributed by atoms with E-state index in [0.29, 0.717) is 5.15 Å². The first-order valence-electron chi connectivity index (χ1n) is 2.43. The fourth-order valence-corrected chi connectivity index (χ4v) is 1.51. The number of hydrogen-bond acceptors (Lipinski definition) is 2. The van der Waals surface area contributed by atoms with Gasteiger partial charge in [0, 0.05) is 10.9 Å². The average Bonchev–Trinajstić information content (AvgIpc) is 2.14. The van der Waals surface area contributed by atoms with Gasteiger partial charge in [0.25, 0.3) is 0 Å². The quantitative estimate of drug-likeness (QED) is 0.595. The summed E-state index contributed by atoms with van der Waals surface area (Å²) in [7, 11) is 0. The predicted molar refractivity (Wildman–Crippen MR) is 36.5 cm³/mol. The van der Waals surface area contributed by atoms with E-state index in [1.54, 1.807) is 0 Å². The topological polar surface area (TPSA) is 12.9 Å². The van der Waals surface area contributed by atoms with Gasteiger partial charge < -0.3 is 0 Å². The van der Waals surface area contributed by atoms with Crippen LogP contribution in [0.3, 0.4) is 0 Å². The van der Waals surface area contributed by atoms with E-state index in [0.717, 1.165) is 12.0 Å². The van der Waals surface area contributed by atoms with Crippen molar-refractivity contribution < 1.29 is 0 Å². The highest BCUT2D eigenvalue weighted by Crippen LogP contribution is 2.15. The summed E-state index contributed by atoms with van der Waals surface area (Å²) in [5.41, 5.74) is 1.15. The van der Waals surface area contributed by atoms with Crippen LogP contribution >= 0.6 is 23.1 Å². The van der Waals surface area contributed by atoms with Gasteiger partial charge in [0.2, 0.25) is 0 Å². The second kappa shape index (κ2) is 2.46. The molecule has 0 saturated carbocycles. The normalized spacial score (nSPS) is 9.75. The van der Waals surface area contributed by atoms with Gasteiger partial charge in [-0.2, -0.15) is 4.37 Å². The van der Waals surface area contributed by atoms with Crippen LogP contribution in [0.25, 0.3) is 0 Å². The van der Waals surface area contributed by atoms with Crippen molar-refractivity contribution in [2.45, 2.75) is 13.3 Å². The minimum absolute atomic E-state index is 0.664. The zero-order valence-electron chi connectivity index (χ0n) is 4.52. The first kappa shape index (κ1) is 6.05. The minimum Gasteiger partial charge on any atom is -0.181 e. The summed E-state index contributed by atoms with van der Waals surface area (Å²) in [5.74, 6) is 0. The van der Waals surface area contributed by atoms with Crippen molar-refractivity contribution in [2.24, 2.45) is 0 Å². The van der Waals surface area contributed by atoms with Gasteiger partial charge in [0.15, 0.2) is 0 Å². The molecule has 1 nitrogen and oxygen atoms in total. The molecule has 1 aromatic rings. The van der Waals surface area contributed by atoms with Gasteiger partial charge in [-0.15, -0.1) is 0 Å². The highest BCUT2D eigenvalue weighted by Gasteiger charge is 1.96. The number of rotatable bonds is 1. The molecular weight excluding hydrogens is 142 g/mol. The number of halogens is 1. The Bertz CT molecular complexity index is 173. The number of aryl methyl sites for hydroxylation is 1. The maximum atomic E-state index is 5.64. The zero-order chi connectivity index (χ0) is 5.98. The highest BCUT2D eigenvalue weighted by molar-refractivity contribution is 7.04. The molecule has 1 aromatic heterocycles. The molecule has 0 aliphatic carbocycles. The second-order valence-corrected chi connectivity index (χ2v) is 2.47. The molecular formula is C5H6ClNS. The lowest BCUT2D eigenvalue weighted by Crippen LogP contribution is -1.72. The van der Waals surface area contributed by atoms with Crippen molar-refractivity contribution in [3.63, 3.8) is 0 Å². The van der Waals surface area contributed by atoms with Gasteiger partial charge in [-0.25, -0.2) is 0 Å². The molecule has 0 N–H and O–H groups in total. The zero-order valence-corrected chi connectivity index (χ0v) is 6.09. The first-order chi connectivity index (χ1) is 3.84. The lowest BCUT2D eigenvalue weighted by atomic mass is 10.3. The summed E-state index contributed by atoms with van der Waals surface area (Å²) in [6, 6.07) is 0. The van der Waals surface area contributed by atoms with Gasteiger partial charge in [-0.05, 0) is 18.0 Å². The van der Waals surface area contributed by atoms with Crippen molar-refractivity contribution in [1.29, 1.82) is 0 Å². The van der Waals surface area contributed by atoms with Crippen LogP contribution in [0.4, 0.5) is 0 Å². The fraction of sp³-hybridized carbons (Fsp3) is 0.400. The molecule has 0 radical (unpaired) electrons. The van der Waals surface area contributed by atoms with E-state index >= 15 is 0 Å². The van der Waals surface area contributed by atoms with E-state index in [9.17, 15) is 0 Å². The largest absolute Gasteiger partial charge is 0.181 e. The summed E-state index contributed by atoms with van der Waals surface area (Å²) in [6.45, 7) is 2.07. The molecule has 0 aromatic carbocycles. The van der Waals surface area contributed by atoms with Gasteiger partial charge in [0.05, 0.1) is 0 Å². The molecule has 0 atom stereocenters. The Hall–Kier alpha value is -0.0800. The summed E-state index contributed by atoms with van der Waals surface area (Å²) < 4.78 is 3.89. The highest BCUT2D eigenvalue weighted by atomic mass is 35.5. The molecule has 0 unspecified atom stereocenters. The van der Waals surface area contributed by atoms with Crippen LogP contribution in [-0.4, -0.2) is 4.37 Å². The van der Waals surface area contributed by atoms with E-state index in [-0.39, 0.29) is 0 Å². The van der Waals surface area contributed by atoms with Crippen LogP contribution in [0.15, 0.2) is 5.38 Å². The lowest BCUT2D eigenvalue weighted by molar-refractivity contribution is 1.14. The van der Waals surface area contributed by atoms with Crippen molar-refractivity contribution in [3.05, 3.63) is 16.1 Å². The molecule has 0 saturated heterocycles. The number of aromatic nitrogens is 1. The van der Waals surface area contributed by atoms with Crippen LogP contribution in [0, 0.1) is 0 Å². The van der Waals surface area contributed by atoms with Gasteiger partial charge in [0.1, 0.15) is 5.15 Å². The van der Waals surface area contributed by atoms with Crippen LogP contribution in [0.1, 0.15) is 12.5 Å². The molecule has 1 rings (SSSR count). The van der Waals surface area contributed by atoms with Crippen LogP contribution in [0.2, 0.25) is 5.15 Å². The van der Waals surface area contributed by atoms with Crippen LogP contribution < -0.4 is 0 Å². The molecule has 0 fully saturated rings. The minimum atomic E-state index is 0.664. The summed E-state index contributed by atoms with van der Waals surface area (Å²) in [6.07, 6.45) is 0.981. The van der Waals surface area contributed by atoms with Gasteiger partial charge >= 0.3 is 0 Å². The predicted octanol–water partition coefficient (Wildman–Crippen LogP) is 2.36. The van der Waals surface area contributed by atoms with Crippen LogP contribution in [0.5, 0.6) is 0 Å². The Morgan fingerprint density at radius 1 is 1.88 bits per heavy atom. The summed E-state index contributed by atoms with van der Waals surface area (Å²) in [4.78, 5) is 0. The van der Waals surface area contributed by atoms with Crippen molar-refractivity contribution in [2.75, 3.05) is 0 Å². The molecule has 44 valence electrons. The third kappa shape index (κ3) is 1.01. The Labute approximate surface area is 57.5 Å². The Balaban J connectivity index is 2.92. The molecule has 1 heterocycles. The second-order valence-electron chi connectivity index (χ2n) is 1.48. The standard InChI is InChI=1S/C5H6ClNS/c1-2-4-3-8-7-5(4)6/h3H,2H2,1H3. The Morgan fingerprint density at radius 2 is 2.62 bits per heavy atom. The maximum absolute atomic E-state index is 5.64.